The van der Waals surface area contributed by atoms with E-state index in [2.05, 4.69) is 0 Å². The highest BCUT2D eigenvalue weighted by molar-refractivity contribution is 5.91. The third-order valence-corrected chi connectivity index (χ3v) is 3.50. The van der Waals surface area contributed by atoms with Crippen LogP contribution < -0.4 is 14.2 Å². The van der Waals surface area contributed by atoms with Crippen LogP contribution in [-0.2, 0) is 4.79 Å². The van der Waals surface area contributed by atoms with E-state index in [1.165, 1.54) is 0 Å². The van der Waals surface area contributed by atoms with Gasteiger partial charge in [0.15, 0.2) is 0 Å². The number of methoxy groups -OCH3 is 2. The number of benzene rings is 1. The fraction of sp³-hybridized carbons (Fsp3) is 0.500. The summed E-state index contributed by atoms with van der Waals surface area (Å²) in [4.78, 5) is 11.5. The van der Waals surface area contributed by atoms with Crippen LogP contribution in [0.2, 0.25) is 0 Å². The van der Waals surface area contributed by atoms with E-state index in [4.69, 9.17) is 14.2 Å². The molecule has 0 N–H and O–H groups in total. The van der Waals surface area contributed by atoms with Crippen molar-refractivity contribution in [1.82, 2.24) is 0 Å². The highest BCUT2D eigenvalue weighted by Crippen LogP contribution is 2.40. The number of hydrogen-bond donors (Lipinski definition) is 0. The molecule has 0 aromatic heterocycles. The molecule has 0 saturated heterocycles. The summed E-state index contributed by atoms with van der Waals surface area (Å²) >= 11 is 0. The monoisotopic (exact) mass is 250 g/mol. The van der Waals surface area contributed by atoms with E-state index in [0.717, 1.165) is 0 Å². The fourth-order valence-corrected chi connectivity index (χ4v) is 1.94. The summed E-state index contributed by atoms with van der Waals surface area (Å²) in [6.45, 7) is 3.81. The van der Waals surface area contributed by atoms with Gasteiger partial charge < -0.3 is 14.2 Å². The standard InChI is InChI=1S/C14H18O4/c1-14(2)12(15)8-13(14)18-11-6-9(16-3)5-10(7-11)17-4/h5-7,13H,8H2,1-4H3. The molecule has 1 aliphatic carbocycles. The lowest BCUT2D eigenvalue weighted by Crippen LogP contribution is -2.52. The number of carbonyl (C=O) groups is 1. The van der Waals surface area contributed by atoms with Gasteiger partial charge in [0.25, 0.3) is 0 Å². The first-order valence-electron chi connectivity index (χ1n) is 5.90. The van der Waals surface area contributed by atoms with Gasteiger partial charge in [-0.1, -0.05) is 0 Å². The second-order valence-corrected chi connectivity index (χ2v) is 5.00. The van der Waals surface area contributed by atoms with Crippen molar-refractivity contribution in [3.63, 3.8) is 0 Å². The Hall–Kier alpha value is -1.71. The Morgan fingerprint density at radius 3 is 1.94 bits per heavy atom. The van der Waals surface area contributed by atoms with E-state index in [9.17, 15) is 4.79 Å². The maximum atomic E-state index is 11.5. The molecule has 4 nitrogen and oxygen atoms in total. The molecular formula is C14H18O4. The lowest BCUT2D eigenvalue weighted by Gasteiger charge is -2.41. The first-order chi connectivity index (χ1) is 8.47. The van der Waals surface area contributed by atoms with Gasteiger partial charge in [-0.25, -0.2) is 0 Å². The molecule has 1 aliphatic rings. The van der Waals surface area contributed by atoms with Crippen LogP contribution in [0.3, 0.4) is 0 Å². The normalized spacial score (nSPS) is 21.1. The molecule has 0 aliphatic heterocycles. The zero-order valence-electron chi connectivity index (χ0n) is 11.1. The molecule has 98 valence electrons. The van der Waals surface area contributed by atoms with Crippen LogP contribution in [0.5, 0.6) is 17.2 Å². The number of ether oxygens (including phenoxy) is 3. The minimum atomic E-state index is -0.406. The average Bonchev–Trinajstić information content (AvgIpc) is 2.38. The van der Waals surface area contributed by atoms with Crippen molar-refractivity contribution >= 4 is 5.78 Å². The highest BCUT2D eigenvalue weighted by atomic mass is 16.5. The van der Waals surface area contributed by atoms with Gasteiger partial charge in [0, 0.05) is 24.6 Å². The SMILES string of the molecule is COc1cc(OC)cc(OC2CC(=O)C2(C)C)c1. The van der Waals surface area contributed by atoms with E-state index in [0.29, 0.717) is 23.7 Å². The van der Waals surface area contributed by atoms with Crippen LogP contribution in [0.15, 0.2) is 18.2 Å². The number of rotatable bonds is 4. The van der Waals surface area contributed by atoms with Crippen molar-refractivity contribution in [3.05, 3.63) is 18.2 Å². The molecule has 0 spiro atoms. The molecule has 1 atom stereocenters. The molecule has 1 unspecified atom stereocenters. The first-order valence-corrected chi connectivity index (χ1v) is 5.90. The van der Waals surface area contributed by atoms with Gasteiger partial charge in [-0.3, -0.25) is 4.79 Å². The van der Waals surface area contributed by atoms with Crippen molar-refractivity contribution in [1.29, 1.82) is 0 Å². The molecule has 2 rings (SSSR count). The van der Waals surface area contributed by atoms with E-state index in [1.54, 1.807) is 32.4 Å². The zero-order chi connectivity index (χ0) is 13.3. The van der Waals surface area contributed by atoms with Crippen LogP contribution in [0.4, 0.5) is 0 Å². The summed E-state index contributed by atoms with van der Waals surface area (Å²) < 4.78 is 16.2. The molecule has 1 fully saturated rings. The Balaban J connectivity index is 2.17. The molecule has 1 saturated carbocycles. The van der Waals surface area contributed by atoms with Crippen molar-refractivity contribution < 1.29 is 19.0 Å². The largest absolute Gasteiger partial charge is 0.496 e. The minimum absolute atomic E-state index is 0.0817. The second kappa shape index (κ2) is 4.52. The summed E-state index contributed by atoms with van der Waals surface area (Å²) in [7, 11) is 3.19. The molecular weight excluding hydrogens is 232 g/mol. The maximum absolute atomic E-state index is 11.5. The fourth-order valence-electron chi connectivity index (χ4n) is 1.94. The predicted molar refractivity (Wildman–Crippen MR) is 67.4 cm³/mol. The Morgan fingerprint density at radius 2 is 1.56 bits per heavy atom. The van der Waals surface area contributed by atoms with E-state index in [-0.39, 0.29) is 11.9 Å². The van der Waals surface area contributed by atoms with Gasteiger partial charge in [-0.2, -0.15) is 0 Å². The van der Waals surface area contributed by atoms with Crippen molar-refractivity contribution in [3.8, 4) is 17.2 Å². The van der Waals surface area contributed by atoms with Crippen molar-refractivity contribution in [2.45, 2.75) is 26.4 Å². The van der Waals surface area contributed by atoms with Crippen LogP contribution in [0, 0.1) is 5.41 Å². The van der Waals surface area contributed by atoms with Crippen molar-refractivity contribution in [2.75, 3.05) is 14.2 Å². The van der Waals surface area contributed by atoms with Crippen molar-refractivity contribution in [2.24, 2.45) is 5.41 Å². The molecule has 0 amide bonds. The molecule has 0 heterocycles. The Labute approximate surface area is 107 Å². The van der Waals surface area contributed by atoms with Gasteiger partial charge >= 0.3 is 0 Å². The van der Waals surface area contributed by atoms with E-state index < -0.39 is 5.41 Å². The van der Waals surface area contributed by atoms with Crippen LogP contribution in [0.1, 0.15) is 20.3 Å². The lowest BCUT2D eigenvalue weighted by molar-refractivity contribution is -0.148. The molecule has 0 radical (unpaired) electrons. The topological polar surface area (TPSA) is 44.8 Å². The summed E-state index contributed by atoms with van der Waals surface area (Å²) in [5, 5.41) is 0. The van der Waals surface area contributed by atoms with Crippen LogP contribution >= 0.6 is 0 Å². The lowest BCUT2D eigenvalue weighted by atomic mass is 9.68. The molecule has 4 heteroatoms. The van der Waals surface area contributed by atoms with E-state index >= 15 is 0 Å². The molecule has 0 bridgehead atoms. The number of Topliss-reactive ketones (excluding diaryl/α,β-unsaturated/α-hetero) is 1. The number of ketones is 1. The van der Waals surface area contributed by atoms with Gasteiger partial charge in [0.2, 0.25) is 0 Å². The summed E-state index contributed by atoms with van der Waals surface area (Å²) in [6.07, 6.45) is 0.383. The number of hydrogen-bond acceptors (Lipinski definition) is 4. The highest BCUT2D eigenvalue weighted by Gasteiger charge is 2.49. The average molecular weight is 250 g/mol. The van der Waals surface area contributed by atoms with Crippen LogP contribution in [-0.4, -0.2) is 26.1 Å². The third-order valence-electron chi connectivity index (χ3n) is 3.50. The van der Waals surface area contributed by atoms with E-state index in [1.807, 2.05) is 13.8 Å². The third kappa shape index (κ3) is 2.15. The quantitative estimate of drug-likeness (QED) is 0.823. The Morgan fingerprint density at radius 1 is 1.06 bits per heavy atom. The van der Waals surface area contributed by atoms with Gasteiger partial charge in [-0.05, 0) is 13.8 Å². The summed E-state index contributed by atoms with van der Waals surface area (Å²) in [5.41, 5.74) is -0.406. The Kier molecular flexibility index (Phi) is 3.20. The predicted octanol–water partition coefficient (Wildman–Crippen LogP) is 2.45. The second-order valence-electron chi connectivity index (χ2n) is 5.00. The smallest absolute Gasteiger partial charge is 0.145 e. The molecule has 18 heavy (non-hydrogen) atoms. The molecule has 1 aromatic rings. The maximum Gasteiger partial charge on any atom is 0.145 e. The van der Waals surface area contributed by atoms with Crippen LogP contribution in [0.25, 0.3) is 0 Å². The van der Waals surface area contributed by atoms with Gasteiger partial charge in [0.1, 0.15) is 29.1 Å². The summed E-state index contributed by atoms with van der Waals surface area (Å²) in [6, 6.07) is 5.37. The number of carbonyl (C=O) groups excluding carboxylic acids is 1. The van der Waals surface area contributed by atoms with Gasteiger partial charge in [0.05, 0.1) is 19.6 Å². The summed E-state index contributed by atoms with van der Waals surface area (Å²) in [5.74, 6) is 2.25. The van der Waals surface area contributed by atoms with Gasteiger partial charge in [-0.15, -0.1) is 0 Å². The minimum Gasteiger partial charge on any atom is -0.496 e. The first kappa shape index (κ1) is 12.7. The zero-order valence-corrected chi connectivity index (χ0v) is 11.1. The molecule has 1 aromatic carbocycles. The Bertz CT molecular complexity index is 443.